The zero-order chi connectivity index (χ0) is 22.3. The topological polar surface area (TPSA) is 117 Å². The molecule has 0 radical (unpaired) electrons. The molecule has 3 amide bonds. The van der Waals surface area contributed by atoms with Crippen molar-refractivity contribution >= 4 is 33.3 Å². The first-order valence-corrected chi connectivity index (χ1v) is 11.4. The molecule has 0 bridgehead atoms. The van der Waals surface area contributed by atoms with Crippen LogP contribution in [0.1, 0.15) is 19.3 Å². The molecular weight excluding hydrogens is 420 g/mol. The van der Waals surface area contributed by atoms with Crippen molar-refractivity contribution in [2.24, 2.45) is 0 Å². The maximum Gasteiger partial charge on any atom is 0.319 e. The molecule has 0 spiro atoms. The van der Waals surface area contributed by atoms with Gasteiger partial charge in [-0.25, -0.2) is 13.2 Å². The Balaban J connectivity index is 1.53. The summed E-state index contributed by atoms with van der Waals surface area (Å²) in [6, 6.07) is 12.3. The fraction of sp³-hybridized carbons (Fsp3) is 0.333. The second kappa shape index (κ2) is 10.3. The fourth-order valence-corrected chi connectivity index (χ4v) is 4.77. The van der Waals surface area contributed by atoms with Crippen molar-refractivity contribution in [3.05, 3.63) is 48.5 Å². The quantitative estimate of drug-likeness (QED) is 0.605. The standard InChI is InChI=1S/C21H26N4O5S/c1-30-18-10-8-16(9-11-18)24-21(27)22-15-20(26)23-17-6-5-7-19(14-17)31(28,29)25-12-3-2-4-13-25/h5-11,14H,2-4,12-13,15H2,1H3,(H,23,26)(H2,22,24,27). The molecule has 0 unspecified atom stereocenters. The van der Waals surface area contributed by atoms with Crippen molar-refractivity contribution in [1.82, 2.24) is 9.62 Å². The predicted octanol–water partition coefficient (Wildman–Crippen LogP) is 2.63. The number of benzene rings is 2. The number of nitrogens with zero attached hydrogens (tertiary/aromatic N) is 1. The minimum atomic E-state index is -3.59. The minimum Gasteiger partial charge on any atom is -0.497 e. The fourth-order valence-electron chi connectivity index (χ4n) is 3.20. The van der Waals surface area contributed by atoms with Crippen LogP contribution in [0.4, 0.5) is 16.2 Å². The Morgan fingerprint density at radius 2 is 1.68 bits per heavy atom. The molecule has 166 valence electrons. The molecule has 9 nitrogen and oxygen atoms in total. The van der Waals surface area contributed by atoms with E-state index in [9.17, 15) is 18.0 Å². The molecular formula is C21H26N4O5S. The van der Waals surface area contributed by atoms with Gasteiger partial charge in [0.2, 0.25) is 15.9 Å². The number of hydrogen-bond acceptors (Lipinski definition) is 5. The molecule has 1 aliphatic rings. The number of urea groups is 1. The number of carbonyl (C=O) groups excluding carboxylic acids is 2. The van der Waals surface area contributed by atoms with E-state index < -0.39 is 22.0 Å². The number of ether oxygens (including phenoxy) is 1. The van der Waals surface area contributed by atoms with Gasteiger partial charge in [0.1, 0.15) is 5.75 Å². The van der Waals surface area contributed by atoms with Crippen LogP contribution in [0.3, 0.4) is 0 Å². The SMILES string of the molecule is COc1ccc(NC(=O)NCC(=O)Nc2cccc(S(=O)(=O)N3CCCCC3)c2)cc1. The summed E-state index contributed by atoms with van der Waals surface area (Å²) < 4.78 is 32.1. The highest BCUT2D eigenvalue weighted by atomic mass is 32.2. The smallest absolute Gasteiger partial charge is 0.319 e. The summed E-state index contributed by atoms with van der Waals surface area (Å²) in [4.78, 5) is 24.3. The van der Waals surface area contributed by atoms with E-state index in [4.69, 9.17) is 4.74 Å². The molecule has 1 saturated heterocycles. The molecule has 31 heavy (non-hydrogen) atoms. The molecule has 3 N–H and O–H groups in total. The molecule has 2 aromatic carbocycles. The first kappa shape index (κ1) is 22.6. The van der Waals surface area contributed by atoms with Gasteiger partial charge in [-0.05, 0) is 55.3 Å². The van der Waals surface area contributed by atoms with E-state index in [0.29, 0.717) is 30.2 Å². The third-order valence-electron chi connectivity index (χ3n) is 4.83. The lowest BCUT2D eigenvalue weighted by atomic mass is 10.2. The molecule has 0 aromatic heterocycles. The van der Waals surface area contributed by atoms with Crippen molar-refractivity contribution in [2.75, 3.05) is 37.4 Å². The van der Waals surface area contributed by atoms with E-state index in [1.807, 2.05) is 0 Å². The van der Waals surface area contributed by atoms with Crippen LogP contribution in [-0.2, 0) is 14.8 Å². The summed E-state index contributed by atoms with van der Waals surface area (Å²) in [5.41, 5.74) is 0.898. The number of rotatable bonds is 7. The maximum absolute atomic E-state index is 12.8. The summed E-state index contributed by atoms with van der Waals surface area (Å²) in [7, 11) is -2.04. The normalized spacial score (nSPS) is 14.5. The Bertz CT molecular complexity index is 1020. The summed E-state index contributed by atoms with van der Waals surface area (Å²) in [5.74, 6) is 0.187. The van der Waals surface area contributed by atoms with Gasteiger partial charge >= 0.3 is 6.03 Å². The number of hydrogen-bond donors (Lipinski definition) is 3. The number of carbonyl (C=O) groups is 2. The van der Waals surface area contributed by atoms with E-state index in [1.165, 1.54) is 16.4 Å². The van der Waals surface area contributed by atoms with Gasteiger partial charge in [-0.2, -0.15) is 4.31 Å². The third-order valence-corrected chi connectivity index (χ3v) is 6.72. The third kappa shape index (κ3) is 6.19. The summed E-state index contributed by atoms with van der Waals surface area (Å²) in [6.45, 7) is 0.739. The molecule has 10 heteroatoms. The summed E-state index contributed by atoms with van der Waals surface area (Å²) in [5, 5.41) is 7.67. The van der Waals surface area contributed by atoms with Crippen LogP contribution in [0.15, 0.2) is 53.4 Å². The number of piperidine rings is 1. The first-order chi connectivity index (χ1) is 14.9. The zero-order valence-corrected chi connectivity index (χ0v) is 18.1. The van der Waals surface area contributed by atoms with E-state index in [0.717, 1.165) is 19.3 Å². The highest BCUT2D eigenvalue weighted by Crippen LogP contribution is 2.22. The number of anilines is 2. The van der Waals surface area contributed by atoms with Crippen molar-refractivity contribution in [1.29, 1.82) is 0 Å². The Morgan fingerprint density at radius 1 is 0.968 bits per heavy atom. The molecule has 3 rings (SSSR count). The molecule has 0 aliphatic carbocycles. The summed E-state index contributed by atoms with van der Waals surface area (Å²) >= 11 is 0. The van der Waals surface area contributed by atoms with Crippen molar-refractivity contribution < 1.29 is 22.7 Å². The van der Waals surface area contributed by atoms with E-state index in [1.54, 1.807) is 43.5 Å². The lowest BCUT2D eigenvalue weighted by Gasteiger charge is -2.26. The Hall–Kier alpha value is -3.11. The Kier molecular flexibility index (Phi) is 7.48. The van der Waals surface area contributed by atoms with Gasteiger partial charge in [0.05, 0.1) is 18.6 Å². The molecule has 0 saturated carbocycles. The van der Waals surface area contributed by atoms with Crippen LogP contribution in [0, 0.1) is 0 Å². The van der Waals surface area contributed by atoms with Crippen LogP contribution in [0.5, 0.6) is 5.75 Å². The number of methoxy groups -OCH3 is 1. The largest absolute Gasteiger partial charge is 0.497 e. The van der Waals surface area contributed by atoms with Crippen molar-refractivity contribution in [2.45, 2.75) is 24.2 Å². The van der Waals surface area contributed by atoms with Crippen LogP contribution >= 0.6 is 0 Å². The van der Waals surface area contributed by atoms with Crippen LogP contribution in [0.2, 0.25) is 0 Å². The average molecular weight is 447 g/mol. The highest BCUT2D eigenvalue weighted by molar-refractivity contribution is 7.89. The second-order valence-corrected chi connectivity index (χ2v) is 9.01. The zero-order valence-electron chi connectivity index (χ0n) is 17.3. The Labute approximate surface area is 181 Å². The highest BCUT2D eigenvalue weighted by Gasteiger charge is 2.26. The molecule has 1 fully saturated rings. The number of nitrogens with one attached hydrogen (secondary N) is 3. The van der Waals surface area contributed by atoms with Gasteiger partial charge in [0, 0.05) is 24.5 Å². The van der Waals surface area contributed by atoms with Crippen molar-refractivity contribution in [3.8, 4) is 5.75 Å². The van der Waals surface area contributed by atoms with Gasteiger partial charge in [-0.1, -0.05) is 12.5 Å². The van der Waals surface area contributed by atoms with Crippen LogP contribution in [0.25, 0.3) is 0 Å². The van der Waals surface area contributed by atoms with E-state index >= 15 is 0 Å². The number of sulfonamides is 1. The number of amides is 3. The van der Waals surface area contributed by atoms with Gasteiger partial charge in [-0.15, -0.1) is 0 Å². The molecule has 1 aliphatic heterocycles. The predicted molar refractivity (Wildman–Crippen MR) is 118 cm³/mol. The lowest BCUT2D eigenvalue weighted by Crippen LogP contribution is -2.36. The second-order valence-electron chi connectivity index (χ2n) is 7.08. The molecule has 1 heterocycles. The average Bonchev–Trinajstić information content (AvgIpc) is 2.79. The van der Waals surface area contributed by atoms with Gasteiger partial charge in [0.15, 0.2) is 0 Å². The molecule has 2 aromatic rings. The minimum absolute atomic E-state index is 0.136. The Morgan fingerprint density at radius 3 is 2.35 bits per heavy atom. The van der Waals surface area contributed by atoms with E-state index in [-0.39, 0.29) is 11.4 Å². The van der Waals surface area contributed by atoms with Gasteiger partial charge in [0.25, 0.3) is 0 Å². The van der Waals surface area contributed by atoms with Gasteiger partial charge in [-0.3, -0.25) is 4.79 Å². The first-order valence-electron chi connectivity index (χ1n) is 9.97. The monoisotopic (exact) mass is 446 g/mol. The molecule has 0 atom stereocenters. The van der Waals surface area contributed by atoms with Crippen LogP contribution < -0.4 is 20.7 Å². The maximum atomic E-state index is 12.8. The van der Waals surface area contributed by atoms with E-state index in [2.05, 4.69) is 16.0 Å². The van der Waals surface area contributed by atoms with Crippen LogP contribution in [-0.4, -0.2) is 51.4 Å². The van der Waals surface area contributed by atoms with Gasteiger partial charge < -0.3 is 20.7 Å². The summed E-state index contributed by atoms with van der Waals surface area (Å²) in [6.07, 6.45) is 2.72. The lowest BCUT2D eigenvalue weighted by molar-refractivity contribution is -0.115. The van der Waals surface area contributed by atoms with Crippen molar-refractivity contribution in [3.63, 3.8) is 0 Å².